The highest BCUT2D eigenvalue weighted by atomic mass is 28.4. The zero-order valence-corrected chi connectivity index (χ0v) is 12.6. The Labute approximate surface area is 75.9 Å². The molecule has 0 aromatic rings. The zero-order valence-electron chi connectivity index (χ0n) is 8.58. The second kappa shape index (κ2) is 3.14. The van der Waals surface area contributed by atoms with Crippen molar-refractivity contribution in [2.24, 2.45) is 0 Å². The fourth-order valence-corrected chi connectivity index (χ4v) is 11.7. The van der Waals surface area contributed by atoms with Gasteiger partial charge in [0.25, 0.3) is 0 Å². The Bertz CT molecular complexity index is 95.8. The summed E-state index contributed by atoms with van der Waals surface area (Å²) < 4.78 is 1.18. The molecule has 0 amide bonds. The molecule has 0 fully saturated rings. The van der Waals surface area contributed by atoms with E-state index in [4.69, 9.17) is 0 Å². The van der Waals surface area contributed by atoms with E-state index in [0.717, 1.165) is 0 Å². The molecule has 0 nitrogen and oxygen atoms in total. The predicted octanol–water partition coefficient (Wildman–Crippen LogP) is 2.16. The molecule has 0 aromatic heterocycles. The van der Waals surface area contributed by atoms with Crippen LogP contribution in [0.5, 0.6) is 0 Å². The molecule has 0 N–H and O–H groups in total. The third-order valence-corrected chi connectivity index (χ3v) is 23.4. The average molecular weight is 188 g/mol. The molecule has 0 bridgehead atoms. The van der Waals surface area contributed by atoms with E-state index in [1.165, 1.54) is 20.3 Å². The maximum absolute atomic E-state index is 2.52. The van der Waals surface area contributed by atoms with Gasteiger partial charge in [0, 0.05) is 16.1 Å². The van der Waals surface area contributed by atoms with Crippen LogP contribution in [0.3, 0.4) is 0 Å². The van der Waals surface area contributed by atoms with Gasteiger partial charge in [-0.25, -0.2) is 0 Å². The van der Waals surface area contributed by atoms with Gasteiger partial charge in [-0.3, -0.25) is 0 Å². The first kappa shape index (κ1) is 11.0. The van der Waals surface area contributed by atoms with Crippen LogP contribution in [0.25, 0.3) is 0 Å². The second-order valence-electron chi connectivity index (χ2n) is 5.45. The molecule has 0 heterocycles. The van der Waals surface area contributed by atoms with E-state index >= 15 is 0 Å². The first-order valence-corrected chi connectivity index (χ1v) is 12.5. The van der Waals surface area contributed by atoms with Gasteiger partial charge < -0.3 is 0 Å². The Hall–Kier alpha value is 0.966. The quantitative estimate of drug-likeness (QED) is 0.583. The number of hydrogen-bond acceptors (Lipinski definition) is 0. The minimum absolute atomic E-state index is 0.773. The van der Waals surface area contributed by atoms with Crippen molar-refractivity contribution < 1.29 is 0 Å². The van der Waals surface area contributed by atoms with Crippen LogP contribution >= 0.6 is 0 Å². The van der Waals surface area contributed by atoms with E-state index in [2.05, 4.69) is 39.3 Å². The van der Waals surface area contributed by atoms with Crippen molar-refractivity contribution in [2.45, 2.75) is 43.3 Å². The molecule has 0 atom stereocenters. The third-order valence-electron chi connectivity index (χ3n) is 2.60. The molecule has 0 aliphatic carbocycles. The number of hydrogen-bond donors (Lipinski definition) is 0. The Kier molecular flexibility index (Phi) is 3.45. The zero-order chi connectivity index (χ0) is 8.58. The fourth-order valence-electron chi connectivity index (χ4n) is 1.30. The van der Waals surface area contributed by atoms with Crippen LogP contribution in [0.4, 0.5) is 0 Å². The summed E-state index contributed by atoms with van der Waals surface area (Å²) in [4.78, 5) is 0. The molecule has 60 valence electrons. The lowest BCUT2D eigenvalue weighted by molar-refractivity contribution is 1.43. The fraction of sp³-hybridized carbons (Fsp3) is 1.00. The predicted molar refractivity (Wildman–Crippen MR) is 59.0 cm³/mol. The van der Waals surface area contributed by atoms with Crippen molar-refractivity contribution in [3.8, 4) is 0 Å². The summed E-state index contributed by atoms with van der Waals surface area (Å²) >= 11 is 1.43. The Morgan fingerprint density at radius 2 is 1.00 bits per heavy atom. The van der Waals surface area contributed by atoms with Gasteiger partial charge in [-0.2, -0.15) is 0 Å². The third kappa shape index (κ3) is 3.38. The highest BCUT2D eigenvalue weighted by Crippen LogP contribution is 2.28. The molecular formula is C7H21AlSi2. The van der Waals surface area contributed by atoms with Gasteiger partial charge in [0.05, 0.1) is 0 Å². The molecule has 0 unspecified atom stereocenters. The van der Waals surface area contributed by atoms with Crippen LogP contribution in [-0.2, 0) is 0 Å². The van der Waals surface area contributed by atoms with Gasteiger partial charge in [0.1, 0.15) is 0 Å². The smallest absolute Gasteiger partial charge is 0.0977 e. The SMILES string of the molecule is C[Si](C)(C)[CH]([AlH2])[Si](C)(C)C. The van der Waals surface area contributed by atoms with Crippen molar-refractivity contribution in [3.63, 3.8) is 0 Å². The van der Waals surface area contributed by atoms with Crippen LogP contribution in [0.1, 0.15) is 0 Å². The lowest BCUT2D eigenvalue weighted by Gasteiger charge is -2.35. The van der Waals surface area contributed by atoms with Gasteiger partial charge in [0.15, 0.2) is 0 Å². The van der Waals surface area contributed by atoms with Crippen LogP contribution in [0.2, 0.25) is 43.3 Å². The standard InChI is InChI=1S/C7H19Si2.Al.2H/c1-8(2,3)7-9(4,5)6;;;/h7H,1-6H3;;;. The van der Waals surface area contributed by atoms with Crippen LogP contribution in [0, 0.1) is 0 Å². The summed E-state index contributed by atoms with van der Waals surface area (Å²) in [5.74, 6) is 0. The lowest BCUT2D eigenvalue weighted by atomic mass is 11.7. The van der Waals surface area contributed by atoms with E-state index in [0.29, 0.717) is 0 Å². The maximum Gasteiger partial charge on any atom is 0.209 e. The van der Waals surface area contributed by atoms with Crippen molar-refractivity contribution >= 4 is 32.4 Å². The minimum Gasteiger partial charge on any atom is -0.0977 e. The summed E-state index contributed by atoms with van der Waals surface area (Å²) in [5, 5.41) is 0. The van der Waals surface area contributed by atoms with Gasteiger partial charge in [-0.05, 0) is 0 Å². The van der Waals surface area contributed by atoms with Gasteiger partial charge in [-0.1, -0.05) is 43.3 Å². The summed E-state index contributed by atoms with van der Waals surface area (Å²) in [6.45, 7) is 15.1. The van der Waals surface area contributed by atoms with Gasteiger partial charge in [-0.15, -0.1) is 0 Å². The number of rotatable bonds is 2. The first-order chi connectivity index (χ1) is 4.15. The molecule has 0 aliphatic heterocycles. The highest BCUT2D eigenvalue weighted by Gasteiger charge is 2.32. The van der Waals surface area contributed by atoms with E-state index in [9.17, 15) is 0 Å². The Balaban J connectivity index is 4.23. The molecular weight excluding hydrogens is 167 g/mol. The van der Waals surface area contributed by atoms with Gasteiger partial charge in [0.2, 0.25) is 16.3 Å². The Morgan fingerprint density at radius 3 is 1.00 bits per heavy atom. The Morgan fingerprint density at radius 1 is 0.800 bits per heavy atom. The van der Waals surface area contributed by atoms with Crippen LogP contribution in [0.15, 0.2) is 0 Å². The highest BCUT2D eigenvalue weighted by molar-refractivity contribution is 7.02. The van der Waals surface area contributed by atoms with Crippen molar-refractivity contribution in [3.05, 3.63) is 0 Å². The minimum atomic E-state index is -0.773. The summed E-state index contributed by atoms with van der Waals surface area (Å²) in [6, 6.07) is 0. The molecule has 0 saturated carbocycles. The topological polar surface area (TPSA) is 0 Å². The monoisotopic (exact) mass is 188 g/mol. The van der Waals surface area contributed by atoms with Gasteiger partial charge >= 0.3 is 0 Å². The van der Waals surface area contributed by atoms with E-state index in [1.807, 2.05) is 0 Å². The van der Waals surface area contributed by atoms with Crippen LogP contribution in [-0.4, -0.2) is 32.4 Å². The largest absolute Gasteiger partial charge is 0.209 e. The summed E-state index contributed by atoms with van der Waals surface area (Å²) in [6.07, 6.45) is 0. The van der Waals surface area contributed by atoms with Crippen molar-refractivity contribution in [1.82, 2.24) is 0 Å². The average Bonchev–Trinajstić information content (AvgIpc) is 1.59. The molecule has 3 heteroatoms. The molecule has 0 rings (SSSR count). The molecule has 0 aliphatic rings. The van der Waals surface area contributed by atoms with Crippen molar-refractivity contribution in [1.29, 1.82) is 0 Å². The lowest BCUT2D eigenvalue weighted by Crippen LogP contribution is -2.43. The van der Waals surface area contributed by atoms with Crippen LogP contribution < -0.4 is 0 Å². The molecule has 0 radical (unpaired) electrons. The van der Waals surface area contributed by atoms with E-state index in [1.54, 1.807) is 0 Å². The first-order valence-electron chi connectivity index (χ1n) is 4.15. The molecule has 0 spiro atoms. The molecule has 0 saturated heterocycles. The molecule has 0 aromatic carbocycles. The maximum atomic E-state index is 2.52. The summed E-state index contributed by atoms with van der Waals surface area (Å²) in [7, 11) is -1.55. The molecule has 10 heavy (non-hydrogen) atoms. The van der Waals surface area contributed by atoms with E-state index in [-0.39, 0.29) is 0 Å². The summed E-state index contributed by atoms with van der Waals surface area (Å²) in [5.41, 5.74) is 0. The van der Waals surface area contributed by atoms with E-state index < -0.39 is 16.1 Å². The second-order valence-corrected chi connectivity index (χ2v) is 20.7. The normalized spacial score (nSPS) is 14.3. The van der Waals surface area contributed by atoms with Crippen molar-refractivity contribution in [2.75, 3.05) is 0 Å².